The van der Waals surface area contributed by atoms with Gasteiger partial charge >= 0.3 is 0 Å². The fourth-order valence-corrected chi connectivity index (χ4v) is 4.15. The lowest BCUT2D eigenvalue weighted by atomic mass is 10.1. The molecule has 1 aliphatic rings. The Kier molecular flexibility index (Phi) is 4.64. The number of rotatable bonds is 4. The molecule has 1 aromatic carbocycles. The van der Waals surface area contributed by atoms with Crippen LogP contribution in [0.1, 0.15) is 13.3 Å². The topological polar surface area (TPSA) is 78.7 Å². The van der Waals surface area contributed by atoms with Gasteiger partial charge in [-0.15, -0.1) is 0 Å². The molecular formula is C13H22N4O2S. The summed E-state index contributed by atoms with van der Waals surface area (Å²) in [5.41, 5.74) is 2.89. The van der Waals surface area contributed by atoms with Crippen molar-refractivity contribution in [3.63, 3.8) is 0 Å². The van der Waals surface area contributed by atoms with Gasteiger partial charge in [-0.1, -0.05) is 19.1 Å². The molecule has 3 N–H and O–H groups in total. The summed E-state index contributed by atoms with van der Waals surface area (Å²) in [5, 5.41) is 0. The first-order chi connectivity index (χ1) is 9.50. The summed E-state index contributed by atoms with van der Waals surface area (Å²) < 4.78 is 27.0. The lowest BCUT2D eigenvalue weighted by Crippen LogP contribution is -2.52. The van der Waals surface area contributed by atoms with Crippen LogP contribution < -0.4 is 11.3 Å². The second-order valence-corrected chi connectivity index (χ2v) is 6.95. The lowest BCUT2D eigenvalue weighted by Gasteiger charge is -2.38. The van der Waals surface area contributed by atoms with Crippen molar-refractivity contribution in [1.82, 2.24) is 9.21 Å². The molecule has 1 fully saturated rings. The van der Waals surface area contributed by atoms with Crippen molar-refractivity contribution in [2.45, 2.75) is 24.3 Å². The van der Waals surface area contributed by atoms with Gasteiger partial charge < -0.3 is 10.3 Å². The van der Waals surface area contributed by atoms with Gasteiger partial charge in [0, 0.05) is 25.7 Å². The van der Waals surface area contributed by atoms with Crippen molar-refractivity contribution < 1.29 is 8.42 Å². The molecule has 1 aliphatic heterocycles. The van der Waals surface area contributed by atoms with E-state index in [4.69, 9.17) is 5.84 Å². The number of benzene rings is 1. The number of sulfonamides is 1. The van der Waals surface area contributed by atoms with E-state index in [9.17, 15) is 8.42 Å². The quantitative estimate of drug-likeness (QED) is 0.631. The molecule has 1 unspecified atom stereocenters. The van der Waals surface area contributed by atoms with Crippen molar-refractivity contribution in [3.05, 3.63) is 24.3 Å². The van der Waals surface area contributed by atoms with Gasteiger partial charge in [-0.2, -0.15) is 4.31 Å². The lowest BCUT2D eigenvalue weighted by molar-refractivity contribution is 0.144. The first-order valence-electron chi connectivity index (χ1n) is 6.76. The summed E-state index contributed by atoms with van der Waals surface area (Å²) in [4.78, 5) is 2.45. The highest BCUT2D eigenvalue weighted by molar-refractivity contribution is 7.89. The average molecular weight is 298 g/mol. The number of nitrogens with one attached hydrogen (secondary N) is 1. The van der Waals surface area contributed by atoms with Crippen LogP contribution in [0.15, 0.2) is 29.2 Å². The molecule has 1 aromatic rings. The van der Waals surface area contributed by atoms with E-state index in [1.165, 1.54) is 0 Å². The van der Waals surface area contributed by atoms with Crippen molar-refractivity contribution >= 4 is 15.7 Å². The van der Waals surface area contributed by atoms with E-state index < -0.39 is 10.0 Å². The molecule has 0 radical (unpaired) electrons. The van der Waals surface area contributed by atoms with E-state index >= 15 is 0 Å². The molecule has 2 rings (SSSR count). The third-order valence-corrected chi connectivity index (χ3v) is 5.79. The third-order valence-electron chi connectivity index (χ3n) is 3.87. The summed E-state index contributed by atoms with van der Waals surface area (Å²) in [6.07, 6.45) is 0.930. The Bertz CT molecular complexity index is 561. The number of piperazine rings is 1. The van der Waals surface area contributed by atoms with Crippen LogP contribution in [0.5, 0.6) is 0 Å². The molecule has 0 aliphatic carbocycles. The Morgan fingerprint density at radius 2 is 2.05 bits per heavy atom. The minimum Gasteiger partial charge on any atom is -0.323 e. The Morgan fingerprint density at radius 3 is 2.70 bits per heavy atom. The fourth-order valence-electron chi connectivity index (χ4n) is 2.53. The monoisotopic (exact) mass is 298 g/mol. The van der Waals surface area contributed by atoms with Crippen LogP contribution in [-0.4, -0.2) is 50.3 Å². The molecule has 20 heavy (non-hydrogen) atoms. The highest BCUT2D eigenvalue weighted by Crippen LogP contribution is 2.25. The van der Waals surface area contributed by atoms with Gasteiger partial charge in [-0.05, 0) is 25.6 Å². The van der Waals surface area contributed by atoms with Crippen molar-refractivity contribution in [3.8, 4) is 0 Å². The van der Waals surface area contributed by atoms with Crippen molar-refractivity contribution in [2.75, 3.05) is 32.1 Å². The van der Waals surface area contributed by atoms with E-state index in [0.29, 0.717) is 18.8 Å². The number of likely N-dealkylation sites (N-methyl/N-ethyl adjacent to an activating group) is 1. The fraction of sp³-hybridized carbons (Fsp3) is 0.538. The zero-order chi connectivity index (χ0) is 14.8. The number of anilines is 1. The summed E-state index contributed by atoms with van der Waals surface area (Å²) in [6, 6.07) is 6.98. The van der Waals surface area contributed by atoms with Gasteiger partial charge in [-0.3, -0.25) is 5.84 Å². The number of hydrogen-bond donors (Lipinski definition) is 2. The number of nitrogens with zero attached hydrogens (tertiary/aromatic N) is 2. The minimum atomic E-state index is -3.51. The number of nitrogen functional groups attached to an aromatic ring is 1. The Morgan fingerprint density at radius 1 is 1.35 bits per heavy atom. The van der Waals surface area contributed by atoms with E-state index in [1.807, 2.05) is 7.05 Å². The number of hydrogen-bond acceptors (Lipinski definition) is 5. The maximum absolute atomic E-state index is 12.7. The van der Waals surface area contributed by atoms with Gasteiger partial charge in [0.05, 0.1) is 5.69 Å². The zero-order valence-corrected chi connectivity index (χ0v) is 12.7. The van der Waals surface area contributed by atoms with Crippen LogP contribution in [0.2, 0.25) is 0 Å². The molecule has 7 heteroatoms. The maximum atomic E-state index is 12.7. The smallest absolute Gasteiger partial charge is 0.245 e. The first kappa shape index (κ1) is 15.2. The van der Waals surface area contributed by atoms with E-state index in [-0.39, 0.29) is 10.9 Å². The maximum Gasteiger partial charge on any atom is 0.245 e. The van der Waals surface area contributed by atoms with Gasteiger partial charge in [0.2, 0.25) is 10.0 Å². The Balaban J connectivity index is 2.31. The second-order valence-electron chi connectivity index (χ2n) is 5.05. The highest BCUT2D eigenvalue weighted by Gasteiger charge is 2.33. The normalized spacial score (nSPS) is 21.9. The van der Waals surface area contributed by atoms with Crippen LogP contribution in [0, 0.1) is 0 Å². The van der Waals surface area contributed by atoms with Gasteiger partial charge in [0.15, 0.2) is 0 Å². The molecule has 1 saturated heterocycles. The molecule has 1 atom stereocenters. The van der Waals surface area contributed by atoms with Crippen LogP contribution in [0.25, 0.3) is 0 Å². The van der Waals surface area contributed by atoms with Crippen LogP contribution in [0.4, 0.5) is 5.69 Å². The zero-order valence-electron chi connectivity index (χ0n) is 11.9. The summed E-state index contributed by atoms with van der Waals surface area (Å²) in [6.45, 7) is 3.85. The van der Waals surface area contributed by atoms with Crippen LogP contribution >= 0.6 is 0 Å². The summed E-state index contributed by atoms with van der Waals surface area (Å²) >= 11 is 0. The van der Waals surface area contributed by atoms with Crippen molar-refractivity contribution in [2.24, 2.45) is 5.84 Å². The summed E-state index contributed by atoms with van der Waals surface area (Å²) in [7, 11) is -1.47. The number of para-hydroxylation sites is 1. The van der Waals surface area contributed by atoms with E-state index in [1.54, 1.807) is 28.6 Å². The Hall–Kier alpha value is -1.15. The first-order valence-corrected chi connectivity index (χ1v) is 8.20. The molecule has 0 bridgehead atoms. The van der Waals surface area contributed by atoms with Gasteiger partial charge in [0.25, 0.3) is 0 Å². The van der Waals surface area contributed by atoms with E-state index in [0.717, 1.165) is 13.0 Å². The molecule has 0 aromatic heterocycles. The van der Waals surface area contributed by atoms with Crippen LogP contribution in [0.3, 0.4) is 0 Å². The number of nitrogens with two attached hydrogens (primary N) is 1. The van der Waals surface area contributed by atoms with E-state index in [2.05, 4.69) is 17.2 Å². The second kappa shape index (κ2) is 6.09. The molecular weight excluding hydrogens is 276 g/mol. The van der Waals surface area contributed by atoms with Gasteiger partial charge in [-0.25, -0.2) is 8.42 Å². The molecule has 0 amide bonds. The molecule has 6 nitrogen and oxygen atoms in total. The van der Waals surface area contributed by atoms with Gasteiger partial charge in [0.1, 0.15) is 4.90 Å². The molecule has 1 heterocycles. The predicted molar refractivity (Wildman–Crippen MR) is 79.7 cm³/mol. The Labute approximate surface area is 120 Å². The molecule has 0 spiro atoms. The minimum absolute atomic E-state index is 0.238. The SMILES string of the molecule is CCC1CN(S(=O)(=O)c2ccccc2NN)CCN1C. The van der Waals surface area contributed by atoms with Crippen molar-refractivity contribution in [1.29, 1.82) is 0 Å². The summed E-state index contributed by atoms with van der Waals surface area (Å²) in [5.74, 6) is 5.41. The molecule has 112 valence electrons. The number of hydrazine groups is 1. The standard InChI is InChI=1S/C13H22N4O2S/c1-3-11-10-17(9-8-16(11)2)20(18,19)13-7-5-4-6-12(13)15-14/h4-7,11,15H,3,8-10,14H2,1-2H3. The molecule has 0 saturated carbocycles. The highest BCUT2D eigenvalue weighted by atomic mass is 32.2. The third kappa shape index (κ3) is 2.80. The predicted octanol–water partition coefficient (Wildman–Crippen LogP) is 0.687. The largest absolute Gasteiger partial charge is 0.323 e. The van der Waals surface area contributed by atoms with Crippen LogP contribution in [-0.2, 0) is 10.0 Å². The average Bonchev–Trinajstić information content (AvgIpc) is 2.47.